The Kier molecular flexibility index (Phi) is 4.87. The number of hydrogen-bond donors (Lipinski definition) is 1. The Morgan fingerprint density at radius 2 is 2.16 bits per heavy atom. The Morgan fingerprint density at radius 3 is 2.79 bits per heavy atom. The number of thiazole rings is 1. The van der Waals surface area contributed by atoms with E-state index in [1.807, 2.05) is 19.9 Å². The quantitative estimate of drug-likeness (QED) is 0.696. The summed E-state index contributed by atoms with van der Waals surface area (Å²) >= 11 is 14.2. The van der Waals surface area contributed by atoms with E-state index in [0.29, 0.717) is 10.2 Å². The molecule has 0 saturated carbocycles. The number of nitrogens with zero attached hydrogens (tertiary/aromatic N) is 1. The molecule has 0 aliphatic rings. The van der Waals surface area contributed by atoms with Gasteiger partial charge in [0.1, 0.15) is 0 Å². The van der Waals surface area contributed by atoms with Crippen LogP contribution in [0.5, 0.6) is 0 Å². The number of carbonyl (C=O) groups is 1. The summed E-state index contributed by atoms with van der Waals surface area (Å²) < 4.78 is 1.76. The van der Waals surface area contributed by atoms with E-state index < -0.39 is 0 Å². The lowest BCUT2D eigenvalue weighted by molar-refractivity contribution is -0.116. The highest BCUT2D eigenvalue weighted by Crippen LogP contribution is 2.34. The van der Waals surface area contributed by atoms with Crippen LogP contribution in [0.1, 0.15) is 13.8 Å². The second kappa shape index (κ2) is 6.08. The van der Waals surface area contributed by atoms with Crippen LogP contribution >= 0.6 is 54.8 Å². The van der Waals surface area contributed by atoms with Crippen molar-refractivity contribution in [3.8, 4) is 0 Å². The van der Waals surface area contributed by atoms with Gasteiger partial charge in [0.25, 0.3) is 0 Å². The Balaban J connectivity index is 2.27. The molecule has 0 radical (unpaired) electrons. The molecule has 0 aliphatic heterocycles. The Morgan fingerprint density at radius 1 is 1.47 bits per heavy atom. The molecule has 1 aromatic carbocycles. The van der Waals surface area contributed by atoms with Crippen LogP contribution in [0, 0.1) is 5.92 Å². The number of nitrogens with one attached hydrogen (secondary N) is 1. The minimum atomic E-state index is -0.230. The number of aromatic nitrogens is 1. The molecule has 2 rings (SSSR count). The first-order chi connectivity index (χ1) is 8.88. The molecule has 0 unspecified atom stereocenters. The summed E-state index contributed by atoms with van der Waals surface area (Å²) in [6.45, 7) is 3.96. The predicted molar refractivity (Wildman–Crippen MR) is 88.5 cm³/mol. The van der Waals surface area contributed by atoms with Crippen molar-refractivity contribution >= 4 is 76.1 Å². The molecule has 102 valence electrons. The highest BCUT2D eigenvalue weighted by Gasteiger charge is 2.20. The summed E-state index contributed by atoms with van der Waals surface area (Å²) in [4.78, 5) is 16.1. The fourth-order valence-corrected chi connectivity index (χ4v) is 3.63. The lowest BCUT2D eigenvalue weighted by Gasteiger charge is -2.11. The van der Waals surface area contributed by atoms with Crippen LogP contribution in [0.3, 0.4) is 0 Å². The van der Waals surface area contributed by atoms with Gasteiger partial charge in [-0.15, -0.1) is 0 Å². The first kappa shape index (κ1) is 15.2. The number of rotatable bonds is 3. The molecule has 2 aromatic rings. The normalized spacial score (nSPS) is 12.9. The molecule has 1 heterocycles. The van der Waals surface area contributed by atoms with Crippen LogP contribution in [-0.2, 0) is 4.79 Å². The first-order valence-electron chi connectivity index (χ1n) is 5.59. The van der Waals surface area contributed by atoms with E-state index in [1.165, 1.54) is 11.3 Å². The van der Waals surface area contributed by atoms with Crippen molar-refractivity contribution in [3.05, 3.63) is 21.6 Å². The number of hydrogen-bond acceptors (Lipinski definition) is 3. The van der Waals surface area contributed by atoms with Gasteiger partial charge >= 0.3 is 0 Å². The molecule has 1 aromatic heterocycles. The predicted octanol–water partition coefficient (Wildman–Crippen LogP) is 5.07. The number of fused-ring (bicyclic) bond motifs is 1. The van der Waals surface area contributed by atoms with Gasteiger partial charge in [0.05, 0.1) is 15.0 Å². The van der Waals surface area contributed by atoms with Crippen molar-refractivity contribution < 1.29 is 4.79 Å². The molecular weight excluding hydrogens is 415 g/mol. The fraction of sp³-hybridized carbons (Fsp3) is 0.333. The minimum absolute atomic E-state index is 0.0868. The zero-order valence-corrected chi connectivity index (χ0v) is 15.0. The zero-order chi connectivity index (χ0) is 14.2. The van der Waals surface area contributed by atoms with Crippen molar-refractivity contribution in [3.63, 3.8) is 0 Å². The van der Waals surface area contributed by atoms with Crippen molar-refractivity contribution in [2.45, 2.75) is 18.7 Å². The van der Waals surface area contributed by atoms with E-state index >= 15 is 0 Å². The molecule has 1 atom stereocenters. The maximum atomic E-state index is 12.0. The van der Waals surface area contributed by atoms with Crippen LogP contribution in [-0.4, -0.2) is 15.7 Å². The average molecular weight is 427 g/mol. The molecule has 0 spiro atoms. The van der Waals surface area contributed by atoms with Gasteiger partial charge in [-0.05, 0) is 34.0 Å². The number of amides is 1. The van der Waals surface area contributed by atoms with Crippen molar-refractivity contribution in [1.82, 2.24) is 4.98 Å². The maximum absolute atomic E-state index is 12.0. The molecule has 1 amide bonds. The number of anilines is 1. The van der Waals surface area contributed by atoms with Gasteiger partial charge in [0.2, 0.25) is 5.91 Å². The van der Waals surface area contributed by atoms with Gasteiger partial charge in [-0.1, -0.05) is 52.7 Å². The van der Waals surface area contributed by atoms with E-state index in [0.717, 1.165) is 14.7 Å². The van der Waals surface area contributed by atoms with Crippen LogP contribution in [0.2, 0.25) is 5.02 Å². The second-order valence-corrected chi connectivity index (χ2v) is 7.70. The Labute approximate surface area is 137 Å². The summed E-state index contributed by atoms with van der Waals surface area (Å²) in [6.07, 6.45) is 0. The lowest BCUT2D eigenvalue weighted by atomic mass is 10.1. The lowest BCUT2D eigenvalue weighted by Crippen LogP contribution is -2.26. The summed E-state index contributed by atoms with van der Waals surface area (Å²) in [7, 11) is 0. The van der Waals surface area contributed by atoms with Gasteiger partial charge in [0.15, 0.2) is 5.13 Å². The van der Waals surface area contributed by atoms with Gasteiger partial charge in [-0.25, -0.2) is 4.98 Å². The van der Waals surface area contributed by atoms with E-state index in [2.05, 4.69) is 42.2 Å². The molecule has 0 fully saturated rings. The highest BCUT2D eigenvalue weighted by atomic mass is 79.9. The summed E-state index contributed by atoms with van der Waals surface area (Å²) in [5.74, 6) is 0.131. The summed E-state index contributed by atoms with van der Waals surface area (Å²) in [6, 6.07) is 3.62. The topological polar surface area (TPSA) is 42.0 Å². The minimum Gasteiger partial charge on any atom is -0.301 e. The van der Waals surface area contributed by atoms with Crippen molar-refractivity contribution in [2.75, 3.05) is 5.32 Å². The molecule has 3 nitrogen and oxygen atoms in total. The van der Waals surface area contributed by atoms with Gasteiger partial charge in [-0.2, -0.15) is 0 Å². The van der Waals surface area contributed by atoms with E-state index in [1.54, 1.807) is 6.07 Å². The standard InChI is InChI=1S/C12H11Br2ClN2OS/c1-5(2)9(14)11(18)17-12-16-10-7(13)3-6(15)4-8(10)19-12/h3-5,9H,1-2H3,(H,16,17,18)/t9-/m1/s1. The van der Waals surface area contributed by atoms with Gasteiger partial charge < -0.3 is 5.32 Å². The third-order valence-corrected chi connectivity index (χ3v) is 5.69. The van der Waals surface area contributed by atoms with E-state index in [-0.39, 0.29) is 16.7 Å². The third-order valence-electron chi connectivity index (χ3n) is 2.48. The second-order valence-electron chi connectivity index (χ2n) is 4.39. The summed E-state index contributed by atoms with van der Waals surface area (Å²) in [5, 5.41) is 4.03. The smallest absolute Gasteiger partial charge is 0.240 e. The number of alkyl halides is 1. The maximum Gasteiger partial charge on any atom is 0.240 e. The zero-order valence-electron chi connectivity index (χ0n) is 10.2. The number of benzene rings is 1. The highest BCUT2D eigenvalue weighted by molar-refractivity contribution is 9.10. The molecule has 19 heavy (non-hydrogen) atoms. The first-order valence-corrected chi connectivity index (χ1v) is 8.49. The van der Waals surface area contributed by atoms with Crippen LogP contribution < -0.4 is 5.32 Å². The summed E-state index contributed by atoms with van der Waals surface area (Å²) in [5.41, 5.74) is 0.806. The molecule has 0 aliphatic carbocycles. The third kappa shape index (κ3) is 3.48. The Bertz CT molecular complexity index is 629. The monoisotopic (exact) mass is 424 g/mol. The number of carbonyl (C=O) groups excluding carboxylic acids is 1. The Hall–Kier alpha value is -0.170. The molecule has 7 heteroatoms. The van der Waals surface area contributed by atoms with Crippen LogP contribution in [0.25, 0.3) is 10.2 Å². The fourth-order valence-electron chi connectivity index (χ4n) is 1.49. The molecule has 0 saturated heterocycles. The van der Waals surface area contributed by atoms with Gasteiger partial charge in [-0.3, -0.25) is 4.79 Å². The van der Waals surface area contributed by atoms with Crippen LogP contribution in [0.15, 0.2) is 16.6 Å². The van der Waals surface area contributed by atoms with Crippen molar-refractivity contribution in [1.29, 1.82) is 0 Å². The SMILES string of the molecule is CC(C)[C@@H](Br)C(=O)Nc1nc2c(Br)cc(Cl)cc2s1. The van der Waals surface area contributed by atoms with E-state index in [4.69, 9.17) is 11.6 Å². The van der Waals surface area contributed by atoms with Gasteiger partial charge in [0, 0.05) is 9.50 Å². The van der Waals surface area contributed by atoms with Crippen LogP contribution in [0.4, 0.5) is 5.13 Å². The average Bonchev–Trinajstić information content (AvgIpc) is 2.70. The largest absolute Gasteiger partial charge is 0.301 e. The molecule has 1 N–H and O–H groups in total. The number of halogens is 3. The van der Waals surface area contributed by atoms with Crippen molar-refractivity contribution in [2.24, 2.45) is 5.92 Å². The molecule has 0 bridgehead atoms. The molecular formula is C12H11Br2ClN2OS. The van der Waals surface area contributed by atoms with E-state index in [9.17, 15) is 4.79 Å².